The lowest BCUT2D eigenvalue weighted by molar-refractivity contribution is 0.341. The Bertz CT molecular complexity index is 414. The molecule has 1 aromatic rings. The fraction of sp³-hybridized carbons (Fsp3) is 0.647. The Labute approximate surface area is 126 Å². The first-order valence-corrected chi connectivity index (χ1v) is 8.38. The van der Waals surface area contributed by atoms with E-state index in [1.54, 1.807) is 0 Å². The highest BCUT2D eigenvalue weighted by atomic mass is 79.9. The number of rotatable bonds is 3. The minimum absolute atomic E-state index is 0.656. The molecule has 1 aliphatic rings. The van der Waals surface area contributed by atoms with E-state index >= 15 is 0 Å². The summed E-state index contributed by atoms with van der Waals surface area (Å²) in [6, 6.07) is 7.17. The number of nitrogens with one attached hydrogen (secondary N) is 1. The number of hydrogen-bond donors (Lipinski definition) is 1. The van der Waals surface area contributed by atoms with E-state index in [9.17, 15) is 0 Å². The van der Waals surface area contributed by atoms with E-state index in [4.69, 9.17) is 0 Å². The molecule has 1 aliphatic carbocycles. The smallest absolute Gasteiger partial charge is 0.0372 e. The van der Waals surface area contributed by atoms with Crippen molar-refractivity contribution in [2.24, 2.45) is 11.8 Å². The zero-order chi connectivity index (χ0) is 13.8. The predicted octanol–water partition coefficient (Wildman–Crippen LogP) is 5.77. The summed E-state index contributed by atoms with van der Waals surface area (Å²) in [4.78, 5) is 0. The topological polar surface area (TPSA) is 12.0 Å². The highest BCUT2D eigenvalue weighted by molar-refractivity contribution is 9.10. The summed E-state index contributed by atoms with van der Waals surface area (Å²) < 4.78 is 1.16. The van der Waals surface area contributed by atoms with E-state index in [0.717, 1.165) is 16.3 Å². The molecule has 0 aliphatic heterocycles. The molecule has 0 aromatic heterocycles. The zero-order valence-electron chi connectivity index (χ0n) is 12.4. The van der Waals surface area contributed by atoms with Crippen LogP contribution in [0.1, 0.15) is 51.5 Å². The second-order valence-corrected chi connectivity index (χ2v) is 7.23. The van der Waals surface area contributed by atoms with Crippen LogP contribution in [-0.2, 0) is 0 Å². The van der Waals surface area contributed by atoms with Crippen LogP contribution >= 0.6 is 15.9 Å². The van der Waals surface area contributed by atoms with Crippen molar-refractivity contribution in [3.05, 3.63) is 28.2 Å². The summed E-state index contributed by atoms with van der Waals surface area (Å²) in [5.74, 6) is 1.77. The lowest BCUT2D eigenvalue weighted by Crippen LogP contribution is -2.19. The van der Waals surface area contributed by atoms with E-state index in [2.05, 4.69) is 60.2 Å². The fourth-order valence-corrected chi connectivity index (χ4v) is 3.63. The summed E-state index contributed by atoms with van der Waals surface area (Å²) in [5.41, 5.74) is 2.63. The van der Waals surface area contributed by atoms with Crippen molar-refractivity contribution in [2.45, 2.75) is 58.9 Å². The Morgan fingerprint density at radius 2 is 1.95 bits per heavy atom. The average Bonchev–Trinajstić information content (AvgIpc) is 2.58. The molecule has 1 nitrogen and oxygen atoms in total. The van der Waals surface area contributed by atoms with Gasteiger partial charge in [0.25, 0.3) is 0 Å². The van der Waals surface area contributed by atoms with Gasteiger partial charge in [0.05, 0.1) is 0 Å². The zero-order valence-corrected chi connectivity index (χ0v) is 14.0. The fourth-order valence-electron chi connectivity index (χ4n) is 3.15. The number of halogens is 1. The number of aryl methyl sites for hydroxylation is 1. The van der Waals surface area contributed by atoms with Gasteiger partial charge in [0.2, 0.25) is 0 Å². The van der Waals surface area contributed by atoms with Crippen molar-refractivity contribution >= 4 is 21.6 Å². The van der Waals surface area contributed by atoms with Crippen molar-refractivity contribution in [2.75, 3.05) is 5.32 Å². The molecule has 2 atom stereocenters. The third kappa shape index (κ3) is 4.24. The van der Waals surface area contributed by atoms with Crippen molar-refractivity contribution < 1.29 is 0 Å². The van der Waals surface area contributed by atoms with E-state index in [-0.39, 0.29) is 0 Å². The molecule has 0 heterocycles. The van der Waals surface area contributed by atoms with Crippen LogP contribution in [0.4, 0.5) is 5.69 Å². The second-order valence-electron chi connectivity index (χ2n) is 6.31. The highest BCUT2D eigenvalue weighted by Crippen LogP contribution is 2.31. The Balaban J connectivity index is 1.96. The van der Waals surface area contributed by atoms with Gasteiger partial charge in [-0.3, -0.25) is 0 Å². The van der Waals surface area contributed by atoms with Crippen LogP contribution in [0.25, 0.3) is 0 Å². The third-order valence-electron chi connectivity index (χ3n) is 4.50. The van der Waals surface area contributed by atoms with Gasteiger partial charge in [0.15, 0.2) is 0 Å². The van der Waals surface area contributed by atoms with Gasteiger partial charge >= 0.3 is 0 Å². The number of hydrogen-bond acceptors (Lipinski definition) is 1. The minimum Gasteiger partial charge on any atom is -0.382 e. The van der Waals surface area contributed by atoms with Crippen molar-refractivity contribution in [3.8, 4) is 0 Å². The van der Waals surface area contributed by atoms with Crippen LogP contribution in [0.15, 0.2) is 22.7 Å². The molecule has 106 valence electrons. The van der Waals surface area contributed by atoms with E-state index in [0.29, 0.717) is 6.04 Å². The van der Waals surface area contributed by atoms with Crippen LogP contribution in [0, 0.1) is 18.8 Å². The van der Waals surface area contributed by atoms with E-state index in [1.807, 2.05) is 0 Å². The highest BCUT2D eigenvalue weighted by Gasteiger charge is 2.21. The van der Waals surface area contributed by atoms with Crippen molar-refractivity contribution in [3.63, 3.8) is 0 Å². The van der Waals surface area contributed by atoms with E-state index < -0.39 is 0 Å². The predicted molar refractivity (Wildman–Crippen MR) is 87.7 cm³/mol. The Morgan fingerprint density at radius 1 is 1.16 bits per heavy atom. The van der Waals surface area contributed by atoms with Crippen LogP contribution in [0.2, 0.25) is 0 Å². The van der Waals surface area contributed by atoms with Crippen LogP contribution in [0.3, 0.4) is 0 Å². The SMILES string of the molecule is Cc1cc(Br)ccc1NC1CCCC(C(C)C)CC1. The molecule has 0 saturated heterocycles. The molecule has 0 radical (unpaired) electrons. The molecule has 1 saturated carbocycles. The summed E-state index contributed by atoms with van der Waals surface area (Å²) in [5, 5.41) is 3.75. The molecule has 0 bridgehead atoms. The minimum atomic E-state index is 0.656. The van der Waals surface area contributed by atoms with Gasteiger partial charge in [0.1, 0.15) is 0 Å². The van der Waals surface area contributed by atoms with Crippen LogP contribution in [-0.4, -0.2) is 6.04 Å². The Kier molecular flexibility index (Phi) is 5.32. The Hall–Kier alpha value is -0.500. The maximum atomic E-state index is 3.75. The molecule has 2 heteroatoms. The third-order valence-corrected chi connectivity index (χ3v) is 5.00. The molecule has 0 amide bonds. The van der Waals surface area contributed by atoms with Gasteiger partial charge < -0.3 is 5.32 Å². The summed E-state index contributed by atoms with van der Waals surface area (Å²) in [6.45, 7) is 6.93. The lowest BCUT2D eigenvalue weighted by atomic mass is 9.89. The molecule has 1 aromatic carbocycles. The molecule has 1 fully saturated rings. The van der Waals surface area contributed by atoms with Gasteiger partial charge in [-0.15, -0.1) is 0 Å². The normalized spacial score (nSPS) is 24.3. The van der Waals surface area contributed by atoms with Gasteiger partial charge in [0, 0.05) is 16.2 Å². The van der Waals surface area contributed by atoms with E-state index in [1.165, 1.54) is 43.4 Å². The monoisotopic (exact) mass is 323 g/mol. The maximum absolute atomic E-state index is 3.75. The van der Waals surface area contributed by atoms with Gasteiger partial charge in [-0.2, -0.15) is 0 Å². The quantitative estimate of drug-likeness (QED) is 0.696. The number of anilines is 1. The van der Waals surface area contributed by atoms with Gasteiger partial charge in [-0.25, -0.2) is 0 Å². The van der Waals surface area contributed by atoms with Gasteiger partial charge in [-0.05, 0) is 61.8 Å². The first-order valence-electron chi connectivity index (χ1n) is 7.59. The standard InChI is InChI=1S/C17H26BrN/c1-12(2)14-5-4-6-16(9-7-14)19-17-10-8-15(18)11-13(17)3/h8,10-12,14,16,19H,4-7,9H2,1-3H3. The van der Waals surface area contributed by atoms with Crippen molar-refractivity contribution in [1.29, 1.82) is 0 Å². The lowest BCUT2D eigenvalue weighted by Gasteiger charge is -2.20. The van der Waals surface area contributed by atoms with Crippen LogP contribution < -0.4 is 5.32 Å². The maximum Gasteiger partial charge on any atom is 0.0372 e. The van der Waals surface area contributed by atoms with Crippen LogP contribution in [0.5, 0.6) is 0 Å². The molecule has 0 spiro atoms. The first-order chi connectivity index (χ1) is 9.06. The molecular weight excluding hydrogens is 298 g/mol. The Morgan fingerprint density at radius 3 is 2.63 bits per heavy atom. The average molecular weight is 324 g/mol. The summed E-state index contributed by atoms with van der Waals surface area (Å²) in [6.07, 6.45) is 6.80. The molecule has 19 heavy (non-hydrogen) atoms. The summed E-state index contributed by atoms with van der Waals surface area (Å²) in [7, 11) is 0. The summed E-state index contributed by atoms with van der Waals surface area (Å²) >= 11 is 3.53. The molecular formula is C17H26BrN. The molecule has 2 rings (SSSR count). The second kappa shape index (κ2) is 6.78. The van der Waals surface area contributed by atoms with Crippen molar-refractivity contribution in [1.82, 2.24) is 0 Å². The van der Waals surface area contributed by atoms with Gasteiger partial charge in [-0.1, -0.05) is 42.6 Å². The molecule has 1 N–H and O–H groups in total. The number of benzene rings is 1. The largest absolute Gasteiger partial charge is 0.382 e. The molecule has 2 unspecified atom stereocenters. The first kappa shape index (κ1) is 14.9.